The summed E-state index contributed by atoms with van der Waals surface area (Å²) in [5, 5.41) is 14.3. The first-order valence-electron chi connectivity index (χ1n) is 13.1. The maximum absolute atomic E-state index is 13.6. The van der Waals surface area contributed by atoms with Crippen LogP contribution in [0, 0.1) is 5.92 Å². The van der Waals surface area contributed by atoms with Crippen molar-refractivity contribution in [3.8, 4) is 5.75 Å². The lowest BCUT2D eigenvalue weighted by Gasteiger charge is -2.31. The number of nitrogens with one attached hydrogen (secondary N) is 1. The van der Waals surface area contributed by atoms with Gasteiger partial charge in [-0.1, -0.05) is 44.2 Å². The van der Waals surface area contributed by atoms with Gasteiger partial charge in [-0.15, -0.1) is 0 Å². The number of aromatic nitrogens is 4. The van der Waals surface area contributed by atoms with E-state index in [1.54, 1.807) is 12.1 Å². The topological polar surface area (TPSA) is 166 Å². The van der Waals surface area contributed by atoms with E-state index in [0.717, 1.165) is 5.56 Å². The Bertz CT molecular complexity index is 1560. The Hall–Kier alpha value is -4.07. The van der Waals surface area contributed by atoms with Crippen molar-refractivity contribution < 1.29 is 23.1 Å². The second kappa shape index (κ2) is 13.1. The number of imidazole rings is 1. The van der Waals surface area contributed by atoms with Gasteiger partial charge in [0.25, 0.3) is 0 Å². The van der Waals surface area contributed by atoms with Crippen LogP contribution in [0.2, 0.25) is 0 Å². The van der Waals surface area contributed by atoms with Crippen molar-refractivity contribution in [2.75, 3.05) is 25.9 Å². The van der Waals surface area contributed by atoms with Crippen LogP contribution in [-0.4, -0.2) is 75.6 Å². The van der Waals surface area contributed by atoms with Crippen LogP contribution in [0.1, 0.15) is 19.4 Å². The number of amides is 1. The number of hydrogen-bond donors (Lipinski definition) is 3. The highest BCUT2D eigenvalue weighted by Crippen LogP contribution is 2.22. The highest BCUT2D eigenvalue weighted by Gasteiger charge is 2.31. The largest absolute Gasteiger partial charge is 0.497 e. The first kappa shape index (κ1) is 29.9. The van der Waals surface area contributed by atoms with E-state index in [0.29, 0.717) is 16.9 Å². The number of anilines is 1. The molecule has 0 spiro atoms. The predicted molar refractivity (Wildman–Crippen MR) is 154 cm³/mol. The molecule has 218 valence electrons. The van der Waals surface area contributed by atoms with Gasteiger partial charge in [0.2, 0.25) is 15.9 Å². The van der Waals surface area contributed by atoms with Crippen molar-refractivity contribution in [3.05, 3.63) is 72.8 Å². The summed E-state index contributed by atoms with van der Waals surface area (Å²) < 4.78 is 35.2. The third-order valence-corrected chi connectivity index (χ3v) is 8.36. The quantitative estimate of drug-likeness (QED) is 0.214. The smallest absolute Gasteiger partial charge is 0.243 e. The number of sulfonamides is 1. The van der Waals surface area contributed by atoms with E-state index < -0.39 is 28.1 Å². The molecule has 4 N–H and O–H groups in total. The van der Waals surface area contributed by atoms with E-state index in [-0.39, 0.29) is 42.7 Å². The number of nitrogens with zero attached hydrogens (tertiary/aromatic N) is 5. The van der Waals surface area contributed by atoms with Crippen molar-refractivity contribution in [2.45, 2.75) is 43.9 Å². The lowest BCUT2D eigenvalue weighted by molar-refractivity contribution is -0.123. The maximum Gasteiger partial charge on any atom is 0.243 e. The molecular formula is C28H35N7O5S. The van der Waals surface area contributed by atoms with E-state index in [4.69, 9.17) is 10.5 Å². The highest BCUT2D eigenvalue weighted by molar-refractivity contribution is 7.89. The van der Waals surface area contributed by atoms with Crippen LogP contribution in [0.4, 0.5) is 5.82 Å². The van der Waals surface area contributed by atoms with E-state index in [1.165, 1.54) is 40.8 Å². The van der Waals surface area contributed by atoms with Gasteiger partial charge in [-0.2, -0.15) is 4.31 Å². The lowest BCUT2D eigenvalue weighted by atomic mass is 10.0. The predicted octanol–water partition coefficient (Wildman–Crippen LogP) is 1.85. The van der Waals surface area contributed by atoms with Crippen molar-refractivity contribution in [3.63, 3.8) is 0 Å². The molecule has 0 fully saturated rings. The zero-order valence-corrected chi connectivity index (χ0v) is 24.0. The maximum atomic E-state index is 13.6. The molecule has 4 rings (SSSR count). The first-order valence-corrected chi connectivity index (χ1v) is 14.6. The molecule has 4 aromatic rings. The fourth-order valence-electron chi connectivity index (χ4n) is 4.48. The number of rotatable bonds is 13. The second-order valence-electron chi connectivity index (χ2n) is 10.1. The van der Waals surface area contributed by atoms with Crippen molar-refractivity contribution in [1.29, 1.82) is 0 Å². The average molecular weight is 582 g/mol. The molecule has 0 aliphatic carbocycles. The van der Waals surface area contributed by atoms with Crippen LogP contribution < -0.4 is 15.8 Å². The summed E-state index contributed by atoms with van der Waals surface area (Å²) in [6.07, 6.45) is 1.81. The summed E-state index contributed by atoms with van der Waals surface area (Å²) in [4.78, 5) is 25.6. The van der Waals surface area contributed by atoms with Crippen LogP contribution in [0.5, 0.6) is 5.75 Å². The molecule has 2 heterocycles. The number of ether oxygens (including phenoxy) is 1. The van der Waals surface area contributed by atoms with Crippen LogP contribution in [0.25, 0.3) is 11.2 Å². The van der Waals surface area contributed by atoms with Gasteiger partial charge in [0.1, 0.15) is 24.1 Å². The Balaban J connectivity index is 1.57. The van der Waals surface area contributed by atoms with Crippen LogP contribution in [0.3, 0.4) is 0 Å². The van der Waals surface area contributed by atoms with Crippen molar-refractivity contribution >= 4 is 32.9 Å². The molecule has 2 atom stereocenters. The first-order chi connectivity index (χ1) is 19.6. The molecule has 1 amide bonds. The Morgan fingerprint density at radius 3 is 2.44 bits per heavy atom. The minimum atomic E-state index is -3.95. The molecule has 0 aliphatic heterocycles. The van der Waals surface area contributed by atoms with Crippen LogP contribution >= 0.6 is 0 Å². The van der Waals surface area contributed by atoms with Gasteiger partial charge >= 0.3 is 0 Å². The molecule has 2 aromatic carbocycles. The zero-order valence-electron chi connectivity index (χ0n) is 23.2. The standard InChI is InChI=1S/C28H35N7O5S/c1-19(2)14-35(41(38,39)22-11-9-21(40-3)10-12-22)15-24(36)23(13-20-7-5-4-6-8-20)33-25(37)16-34-18-32-26-27(29)30-17-31-28(26)34/h4-12,17-19,23-24,36H,13-16H2,1-3H3,(H,33,37)(H2,29,30,31)/t23-,24+/m0/s1. The highest BCUT2D eigenvalue weighted by atomic mass is 32.2. The molecule has 0 aliphatic rings. The van der Waals surface area contributed by atoms with Gasteiger partial charge < -0.3 is 25.5 Å². The minimum Gasteiger partial charge on any atom is -0.497 e. The van der Waals surface area contributed by atoms with E-state index >= 15 is 0 Å². The SMILES string of the molecule is COc1ccc(S(=O)(=O)N(CC(C)C)C[C@@H](O)[C@H](Cc2ccccc2)NC(=O)Cn2cnc3c(N)ncnc32)cc1. The molecule has 0 saturated carbocycles. The third kappa shape index (κ3) is 7.37. The van der Waals surface area contributed by atoms with Crippen molar-refractivity contribution in [1.82, 2.24) is 29.1 Å². The van der Waals surface area contributed by atoms with Crippen molar-refractivity contribution in [2.24, 2.45) is 5.92 Å². The van der Waals surface area contributed by atoms with Gasteiger partial charge in [0.05, 0.1) is 30.5 Å². The lowest BCUT2D eigenvalue weighted by Crippen LogP contribution is -2.51. The van der Waals surface area contributed by atoms with Gasteiger partial charge in [0, 0.05) is 13.1 Å². The second-order valence-corrected chi connectivity index (χ2v) is 12.1. The van der Waals surface area contributed by atoms with Gasteiger partial charge in [-0.05, 0) is 42.2 Å². The summed E-state index contributed by atoms with van der Waals surface area (Å²) in [6, 6.07) is 14.7. The molecular weight excluding hydrogens is 546 g/mol. The number of methoxy groups -OCH3 is 1. The van der Waals surface area contributed by atoms with E-state index in [1.807, 2.05) is 44.2 Å². The number of hydrogen-bond acceptors (Lipinski definition) is 9. The molecule has 2 aromatic heterocycles. The van der Waals surface area contributed by atoms with Crippen LogP contribution in [-0.2, 0) is 27.8 Å². The summed E-state index contributed by atoms with van der Waals surface area (Å²) in [6.45, 7) is 3.63. The molecule has 41 heavy (non-hydrogen) atoms. The fourth-order valence-corrected chi connectivity index (χ4v) is 6.11. The van der Waals surface area contributed by atoms with Gasteiger partial charge in [-0.3, -0.25) is 4.79 Å². The Morgan fingerprint density at radius 2 is 1.78 bits per heavy atom. The van der Waals surface area contributed by atoms with Crippen LogP contribution in [0.15, 0.2) is 72.1 Å². The molecule has 13 heteroatoms. The number of aliphatic hydroxyl groups is 1. The Labute approximate surface area is 239 Å². The molecule has 0 unspecified atom stereocenters. The Kier molecular flexibility index (Phi) is 9.53. The number of fused-ring (bicyclic) bond motifs is 1. The molecule has 0 bridgehead atoms. The summed E-state index contributed by atoms with van der Waals surface area (Å²) in [7, 11) is -2.45. The zero-order chi connectivity index (χ0) is 29.6. The van der Waals surface area contributed by atoms with E-state index in [9.17, 15) is 18.3 Å². The molecule has 12 nitrogen and oxygen atoms in total. The number of aliphatic hydroxyl groups excluding tert-OH is 1. The van der Waals surface area contributed by atoms with Gasteiger partial charge in [-0.25, -0.2) is 23.4 Å². The fraction of sp³-hybridized carbons (Fsp3) is 0.357. The van der Waals surface area contributed by atoms with E-state index in [2.05, 4.69) is 20.3 Å². The number of carbonyl (C=O) groups excluding carboxylic acids is 1. The third-order valence-electron chi connectivity index (χ3n) is 6.51. The Morgan fingerprint density at radius 1 is 1.07 bits per heavy atom. The normalized spacial score (nSPS) is 13.4. The van der Waals surface area contributed by atoms with Gasteiger partial charge in [0.15, 0.2) is 11.5 Å². The monoisotopic (exact) mass is 581 g/mol. The number of carbonyl (C=O) groups is 1. The average Bonchev–Trinajstić information content (AvgIpc) is 3.36. The summed E-state index contributed by atoms with van der Waals surface area (Å²) in [5.74, 6) is 0.316. The summed E-state index contributed by atoms with van der Waals surface area (Å²) >= 11 is 0. The summed E-state index contributed by atoms with van der Waals surface area (Å²) in [5.41, 5.74) is 7.52. The molecule has 0 saturated heterocycles. The number of benzene rings is 2. The number of nitrogens with two attached hydrogens (primary N) is 1. The molecule has 0 radical (unpaired) electrons. The number of nitrogen functional groups attached to an aromatic ring is 1. The minimum absolute atomic E-state index is 0.0127.